The molecule has 2 aromatic carbocycles. The van der Waals surface area contributed by atoms with E-state index in [9.17, 15) is 26.3 Å². The second-order valence-electron chi connectivity index (χ2n) is 3.90. The van der Waals surface area contributed by atoms with E-state index in [1.165, 1.54) is 6.92 Å². The van der Waals surface area contributed by atoms with Crippen molar-refractivity contribution in [1.29, 1.82) is 0 Å². The van der Waals surface area contributed by atoms with Crippen molar-refractivity contribution >= 4 is 0 Å². The molecule has 0 aliphatic carbocycles. The largest absolute Gasteiger partial charge is 0.207 e. The van der Waals surface area contributed by atoms with Crippen LogP contribution in [0.5, 0.6) is 0 Å². The van der Waals surface area contributed by atoms with Crippen molar-refractivity contribution in [3.8, 4) is 11.1 Å². The summed E-state index contributed by atoms with van der Waals surface area (Å²) in [4.78, 5) is 0. The first-order chi connectivity index (χ1) is 8.84. The molecule has 2 aromatic rings. The Morgan fingerprint density at radius 3 is 1.63 bits per heavy atom. The van der Waals surface area contributed by atoms with Gasteiger partial charge in [-0.05, 0) is 30.2 Å². The van der Waals surface area contributed by atoms with E-state index in [1.807, 2.05) is 0 Å². The first-order valence-electron chi connectivity index (χ1n) is 5.12. The summed E-state index contributed by atoms with van der Waals surface area (Å²) in [6.45, 7) is 1.30. The van der Waals surface area contributed by atoms with Crippen LogP contribution < -0.4 is 0 Å². The Labute approximate surface area is 104 Å². The molecule has 6 heteroatoms. The van der Waals surface area contributed by atoms with E-state index >= 15 is 0 Å². The minimum absolute atomic E-state index is 0.0585. The molecule has 0 aliphatic heterocycles. The molecule has 0 bridgehead atoms. The fourth-order valence-electron chi connectivity index (χ4n) is 1.75. The van der Waals surface area contributed by atoms with Crippen LogP contribution >= 0.6 is 0 Å². The number of rotatable bonds is 1. The summed E-state index contributed by atoms with van der Waals surface area (Å²) in [5, 5.41) is 0. The van der Waals surface area contributed by atoms with Crippen molar-refractivity contribution in [1.82, 2.24) is 0 Å². The average molecular weight is 276 g/mol. The van der Waals surface area contributed by atoms with Crippen molar-refractivity contribution in [3.05, 3.63) is 58.7 Å². The van der Waals surface area contributed by atoms with Crippen LogP contribution in [0.15, 0.2) is 18.2 Å². The monoisotopic (exact) mass is 276 g/mol. The van der Waals surface area contributed by atoms with Crippen LogP contribution in [0, 0.1) is 41.8 Å². The van der Waals surface area contributed by atoms with Crippen LogP contribution in [0.3, 0.4) is 0 Å². The predicted molar refractivity (Wildman–Crippen MR) is 56.4 cm³/mol. The number of aryl methyl sites for hydroxylation is 1. The van der Waals surface area contributed by atoms with Crippen molar-refractivity contribution in [2.45, 2.75) is 6.92 Å². The molecule has 0 fully saturated rings. The minimum Gasteiger partial charge on any atom is -0.207 e. The molecule has 100 valence electrons. The lowest BCUT2D eigenvalue weighted by molar-refractivity contribution is 0.381. The Kier molecular flexibility index (Phi) is 3.26. The minimum atomic E-state index is -2.22. The van der Waals surface area contributed by atoms with E-state index in [0.29, 0.717) is 0 Å². The topological polar surface area (TPSA) is 0 Å². The summed E-state index contributed by atoms with van der Waals surface area (Å²) in [7, 11) is 0. The van der Waals surface area contributed by atoms with Gasteiger partial charge in [-0.3, -0.25) is 0 Å². The molecule has 0 heterocycles. The third-order valence-corrected chi connectivity index (χ3v) is 2.67. The molecule has 0 unspecified atom stereocenters. The quantitative estimate of drug-likeness (QED) is 0.409. The lowest BCUT2D eigenvalue weighted by Gasteiger charge is -2.10. The van der Waals surface area contributed by atoms with Gasteiger partial charge in [-0.1, -0.05) is 6.07 Å². The van der Waals surface area contributed by atoms with Gasteiger partial charge in [0.2, 0.25) is 5.82 Å². The summed E-state index contributed by atoms with van der Waals surface area (Å²) in [6.07, 6.45) is 0. The highest BCUT2D eigenvalue weighted by Gasteiger charge is 2.27. The summed E-state index contributed by atoms with van der Waals surface area (Å²) < 4.78 is 79.0. The normalized spacial score (nSPS) is 10.9. The number of benzene rings is 2. The highest BCUT2D eigenvalue weighted by atomic mass is 19.2. The van der Waals surface area contributed by atoms with E-state index in [-0.39, 0.29) is 11.1 Å². The van der Waals surface area contributed by atoms with Gasteiger partial charge in [-0.15, -0.1) is 0 Å². The molecule has 0 aromatic heterocycles. The molecule has 0 saturated heterocycles. The zero-order chi connectivity index (χ0) is 14.3. The number of hydrogen-bond donors (Lipinski definition) is 0. The van der Waals surface area contributed by atoms with E-state index in [4.69, 9.17) is 0 Å². The van der Waals surface area contributed by atoms with Gasteiger partial charge in [0, 0.05) is 0 Å². The molecule has 0 saturated carbocycles. The van der Waals surface area contributed by atoms with Crippen molar-refractivity contribution in [2.75, 3.05) is 0 Å². The van der Waals surface area contributed by atoms with Gasteiger partial charge in [0.1, 0.15) is 5.82 Å². The van der Waals surface area contributed by atoms with Crippen LogP contribution in [0.4, 0.5) is 26.3 Å². The Balaban J connectivity index is 2.83. The molecule has 2 rings (SSSR count). The van der Waals surface area contributed by atoms with Gasteiger partial charge in [0.15, 0.2) is 23.3 Å². The molecule has 0 aliphatic rings. The van der Waals surface area contributed by atoms with Crippen LogP contribution in [0.2, 0.25) is 0 Å². The molecule has 19 heavy (non-hydrogen) atoms. The highest BCUT2D eigenvalue weighted by molar-refractivity contribution is 5.68. The van der Waals surface area contributed by atoms with E-state index in [1.54, 1.807) is 0 Å². The third kappa shape index (κ3) is 2.07. The lowest BCUT2D eigenvalue weighted by Crippen LogP contribution is -2.04. The second kappa shape index (κ2) is 4.60. The fraction of sp³-hybridized carbons (Fsp3) is 0.0769. The van der Waals surface area contributed by atoms with Crippen LogP contribution in [0.25, 0.3) is 11.1 Å². The zero-order valence-corrected chi connectivity index (χ0v) is 9.50. The molecular weight excluding hydrogens is 270 g/mol. The van der Waals surface area contributed by atoms with Gasteiger partial charge in [0.25, 0.3) is 0 Å². The van der Waals surface area contributed by atoms with Crippen molar-refractivity contribution in [2.24, 2.45) is 0 Å². The Morgan fingerprint density at radius 2 is 1.16 bits per heavy atom. The Morgan fingerprint density at radius 1 is 0.684 bits per heavy atom. The summed E-state index contributed by atoms with van der Waals surface area (Å²) in [5.41, 5.74) is -1.26. The second-order valence-corrected chi connectivity index (χ2v) is 3.90. The molecule has 0 spiro atoms. The standard InChI is InChI=1S/C13H6F6/c1-5-4-6(14)2-3-7(5)8-9(15)11(17)13(19)12(18)10(8)16/h2-4H,1H3. The van der Waals surface area contributed by atoms with Gasteiger partial charge in [0.05, 0.1) is 5.56 Å². The van der Waals surface area contributed by atoms with Crippen molar-refractivity contribution < 1.29 is 26.3 Å². The average Bonchev–Trinajstić information content (AvgIpc) is 2.37. The van der Waals surface area contributed by atoms with E-state index in [0.717, 1.165) is 18.2 Å². The zero-order valence-electron chi connectivity index (χ0n) is 9.50. The maximum atomic E-state index is 13.6. The lowest BCUT2D eigenvalue weighted by atomic mass is 9.99. The van der Waals surface area contributed by atoms with Crippen LogP contribution in [-0.4, -0.2) is 0 Å². The van der Waals surface area contributed by atoms with Gasteiger partial charge in [-0.2, -0.15) is 0 Å². The SMILES string of the molecule is Cc1cc(F)ccc1-c1c(F)c(F)c(F)c(F)c1F. The predicted octanol–water partition coefficient (Wildman–Crippen LogP) is 4.50. The van der Waals surface area contributed by atoms with Crippen molar-refractivity contribution in [3.63, 3.8) is 0 Å². The number of halogens is 6. The molecule has 0 atom stereocenters. The maximum Gasteiger partial charge on any atom is 0.200 e. The van der Waals surface area contributed by atoms with E-state index < -0.39 is 40.5 Å². The molecule has 0 nitrogen and oxygen atoms in total. The van der Waals surface area contributed by atoms with Crippen LogP contribution in [-0.2, 0) is 0 Å². The summed E-state index contributed by atoms with van der Waals surface area (Å²) >= 11 is 0. The molecular formula is C13H6F6. The Hall–Kier alpha value is -1.98. The molecule has 0 amide bonds. The maximum absolute atomic E-state index is 13.6. The smallest absolute Gasteiger partial charge is 0.200 e. The highest BCUT2D eigenvalue weighted by Crippen LogP contribution is 2.33. The fourth-order valence-corrected chi connectivity index (χ4v) is 1.75. The van der Waals surface area contributed by atoms with Gasteiger partial charge in [-0.25, -0.2) is 26.3 Å². The van der Waals surface area contributed by atoms with Gasteiger partial charge < -0.3 is 0 Å². The third-order valence-electron chi connectivity index (χ3n) is 2.67. The first kappa shape index (κ1) is 13.5. The first-order valence-corrected chi connectivity index (χ1v) is 5.12. The van der Waals surface area contributed by atoms with Crippen LogP contribution in [0.1, 0.15) is 5.56 Å². The van der Waals surface area contributed by atoms with E-state index in [2.05, 4.69) is 0 Å². The van der Waals surface area contributed by atoms with Gasteiger partial charge >= 0.3 is 0 Å². The Bertz CT molecular complexity index is 634. The summed E-state index contributed by atoms with van der Waals surface area (Å²) in [6, 6.07) is 2.77. The number of hydrogen-bond acceptors (Lipinski definition) is 0. The molecule has 0 N–H and O–H groups in total. The molecule has 0 radical (unpaired) electrons. The summed E-state index contributed by atoms with van der Waals surface area (Å²) in [5.74, 6) is -10.8.